The van der Waals surface area contributed by atoms with Gasteiger partial charge in [-0.05, 0) is 75.7 Å². The minimum Gasteiger partial charge on any atom is -0.504 e. The first-order valence-corrected chi connectivity index (χ1v) is 10.2. The highest BCUT2D eigenvalue weighted by molar-refractivity contribution is 5.58. The Morgan fingerprint density at radius 1 is 1.23 bits per heavy atom. The normalized spacial score (nSPS) is 36.8. The molecular formula is C21H30N2O3. The molecule has 0 aromatic heterocycles. The number of benzene rings is 1. The van der Waals surface area contributed by atoms with Crippen LogP contribution in [0, 0.1) is 5.92 Å². The van der Waals surface area contributed by atoms with E-state index in [2.05, 4.69) is 16.3 Å². The number of nitrogens with zero attached hydrogens (tertiary/aromatic N) is 1. The highest BCUT2D eigenvalue weighted by Crippen LogP contribution is 2.59. The van der Waals surface area contributed by atoms with Crippen LogP contribution in [-0.2, 0) is 11.8 Å². The maximum absolute atomic E-state index is 12.2. The lowest BCUT2D eigenvalue weighted by atomic mass is 9.52. The van der Waals surface area contributed by atoms with Crippen molar-refractivity contribution in [3.63, 3.8) is 0 Å². The van der Waals surface area contributed by atoms with Gasteiger partial charge < -0.3 is 20.3 Å². The van der Waals surface area contributed by atoms with E-state index in [9.17, 15) is 10.2 Å². The van der Waals surface area contributed by atoms with Gasteiger partial charge in [-0.25, -0.2) is 0 Å². The van der Waals surface area contributed by atoms with Crippen molar-refractivity contribution in [3.05, 3.63) is 23.3 Å². The van der Waals surface area contributed by atoms with Gasteiger partial charge in [-0.2, -0.15) is 0 Å². The largest absolute Gasteiger partial charge is 0.504 e. The van der Waals surface area contributed by atoms with Crippen molar-refractivity contribution in [1.82, 2.24) is 10.2 Å². The van der Waals surface area contributed by atoms with E-state index in [1.807, 2.05) is 0 Å². The Kier molecular flexibility index (Phi) is 3.79. The lowest BCUT2D eigenvalue weighted by Gasteiger charge is -2.61. The van der Waals surface area contributed by atoms with Crippen molar-refractivity contribution in [1.29, 1.82) is 0 Å². The van der Waals surface area contributed by atoms with E-state index < -0.39 is 5.60 Å². The van der Waals surface area contributed by atoms with Gasteiger partial charge in [0.25, 0.3) is 0 Å². The molecule has 1 aromatic carbocycles. The van der Waals surface area contributed by atoms with Gasteiger partial charge >= 0.3 is 0 Å². The number of aliphatic hydroxyl groups is 1. The van der Waals surface area contributed by atoms with E-state index in [1.165, 1.54) is 18.4 Å². The summed E-state index contributed by atoms with van der Waals surface area (Å²) in [6, 6.07) is 3.98. The van der Waals surface area contributed by atoms with Crippen molar-refractivity contribution in [3.8, 4) is 11.5 Å². The number of fused-ring (bicyclic) bond motifs is 1. The molecule has 0 spiro atoms. The van der Waals surface area contributed by atoms with Gasteiger partial charge in [-0.3, -0.25) is 4.90 Å². The molecule has 2 bridgehead atoms. The fraction of sp³-hybridized carbons (Fsp3) is 0.714. The number of rotatable bonds is 3. The number of hydrogen-bond donors (Lipinski definition) is 3. The second kappa shape index (κ2) is 5.85. The van der Waals surface area contributed by atoms with Crippen LogP contribution in [0.2, 0.25) is 0 Å². The van der Waals surface area contributed by atoms with E-state index in [0.29, 0.717) is 5.75 Å². The molecule has 2 saturated heterocycles. The van der Waals surface area contributed by atoms with E-state index in [-0.39, 0.29) is 17.2 Å². The van der Waals surface area contributed by atoms with Crippen LogP contribution in [-0.4, -0.2) is 60.0 Å². The molecule has 4 aliphatic rings. The van der Waals surface area contributed by atoms with Crippen LogP contribution < -0.4 is 10.1 Å². The second-order valence-electron chi connectivity index (χ2n) is 8.82. The number of aromatic hydroxyl groups is 1. The van der Waals surface area contributed by atoms with Crippen LogP contribution in [0.15, 0.2) is 12.1 Å². The predicted octanol–water partition coefficient (Wildman–Crippen LogP) is 1.79. The summed E-state index contributed by atoms with van der Waals surface area (Å²) in [6.07, 6.45) is 6.11. The van der Waals surface area contributed by atoms with Gasteiger partial charge in [-0.1, -0.05) is 6.07 Å². The van der Waals surface area contributed by atoms with Crippen LogP contribution >= 0.6 is 0 Å². The van der Waals surface area contributed by atoms with E-state index >= 15 is 0 Å². The molecular weight excluding hydrogens is 328 g/mol. The molecule has 1 aromatic rings. The van der Waals surface area contributed by atoms with E-state index in [1.54, 1.807) is 13.2 Å². The van der Waals surface area contributed by atoms with Crippen molar-refractivity contribution in [2.24, 2.45) is 5.92 Å². The minimum absolute atomic E-state index is 0.165. The first kappa shape index (κ1) is 16.8. The number of methoxy groups -OCH3 is 1. The smallest absolute Gasteiger partial charge is 0.164 e. The number of likely N-dealkylation sites (tertiary alicyclic amines) is 1. The van der Waals surface area contributed by atoms with Gasteiger partial charge in [0.15, 0.2) is 11.5 Å². The van der Waals surface area contributed by atoms with E-state index in [4.69, 9.17) is 4.74 Å². The monoisotopic (exact) mass is 358 g/mol. The van der Waals surface area contributed by atoms with Crippen LogP contribution in [0.25, 0.3) is 0 Å². The molecule has 2 aliphatic carbocycles. The van der Waals surface area contributed by atoms with Gasteiger partial charge in [0.1, 0.15) is 0 Å². The van der Waals surface area contributed by atoms with Crippen molar-refractivity contribution in [2.75, 3.05) is 33.3 Å². The third-order valence-electron chi connectivity index (χ3n) is 7.57. The summed E-state index contributed by atoms with van der Waals surface area (Å²) in [7, 11) is 1.63. The molecule has 5 rings (SSSR count). The number of ether oxygens (including phenoxy) is 1. The molecule has 2 heterocycles. The molecule has 26 heavy (non-hydrogen) atoms. The maximum Gasteiger partial charge on any atom is 0.164 e. The van der Waals surface area contributed by atoms with Gasteiger partial charge in [0.05, 0.1) is 12.7 Å². The number of phenols is 1. The summed E-state index contributed by atoms with van der Waals surface area (Å²) in [5, 5.41) is 26.1. The zero-order valence-corrected chi connectivity index (χ0v) is 15.6. The molecule has 1 saturated carbocycles. The highest BCUT2D eigenvalue weighted by Gasteiger charge is 2.63. The molecule has 3 fully saturated rings. The average Bonchev–Trinajstić information content (AvgIpc) is 3.44. The van der Waals surface area contributed by atoms with Crippen molar-refractivity contribution >= 4 is 0 Å². The molecule has 0 unspecified atom stereocenters. The predicted molar refractivity (Wildman–Crippen MR) is 99.8 cm³/mol. The first-order valence-electron chi connectivity index (χ1n) is 10.2. The summed E-state index contributed by atoms with van der Waals surface area (Å²) >= 11 is 0. The Labute approximate surface area is 155 Å². The molecule has 142 valence electrons. The zero-order valence-electron chi connectivity index (χ0n) is 15.6. The molecule has 3 atom stereocenters. The Bertz CT molecular complexity index is 719. The second-order valence-corrected chi connectivity index (χ2v) is 8.82. The number of piperidine rings is 1. The summed E-state index contributed by atoms with van der Waals surface area (Å²) in [4.78, 5) is 2.57. The van der Waals surface area contributed by atoms with Gasteiger partial charge in [0, 0.05) is 23.6 Å². The SMILES string of the molecule is COc1c(O)ccc2c1[C@@]13CCNCC[C@@]1(O)[C@@H](C2)N(CC1CC1)CC3. The summed E-state index contributed by atoms with van der Waals surface area (Å²) in [5.41, 5.74) is 1.22. The summed E-state index contributed by atoms with van der Waals surface area (Å²) in [6.45, 7) is 3.90. The van der Waals surface area contributed by atoms with Crippen LogP contribution in [0.4, 0.5) is 0 Å². The number of phenolic OH excluding ortho intramolecular Hbond substituents is 1. The average molecular weight is 358 g/mol. The third-order valence-corrected chi connectivity index (χ3v) is 7.57. The third kappa shape index (κ3) is 2.20. The van der Waals surface area contributed by atoms with Gasteiger partial charge in [0.2, 0.25) is 0 Å². The Balaban J connectivity index is 1.69. The maximum atomic E-state index is 12.2. The number of nitrogens with one attached hydrogen (secondary N) is 1. The summed E-state index contributed by atoms with van der Waals surface area (Å²) in [5.74, 6) is 1.60. The van der Waals surface area contributed by atoms with Crippen molar-refractivity contribution < 1.29 is 14.9 Å². The Hall–Kier alpha value is -1.30. The fourth-order valence-corrected chi connectivity index (χ4v) is 6.12. The quantitative estimate of drug-likeness (QED) is 0.769. The highest BCUT2D eigenvalue weighted by atomic mass is 16.5. The molecule has 5 nitrogen and oxygen atoms in total. The molecule has 2 aliphatic heterocycles. The number of hydrogen-bond acceptors (Lipinski definition) is 5. The Morgan fingerprint density at radius 3 is 2.81 bits per heavy atom. The molecule has 0 amide bonds. The van der Waals surface area contributed by atoms with Crippen molar-refractivity contribution in [2.45, 2.75) is 55.6 Å². The lowest BCUT2D eigenvalue weighted by Crippen LogP contribution is -2.71. The van der Waals surface area contributed by atoms with Gasteiger partial charge in [-0.15, -0.1) is 0 Å². The molecule has 3 N–H and O–H groups in total. The minimum atomic E-state index is -0.766. The van der Waals surface area contributed by atoms with Crippen LogP contribution in [0.1, 0.15) is 43.2 Å². The lowest BCUT2D eigenvalue weighted by molar-refractivity contribution is -0.149. The Morgan fingerprint density at radius 2 is 2.04 bits per heavy atom. The molecule has 5 heteroatoms. The van der Waals surface area contributed by atoms with E-state index in [0.717, 1.165) is 63.3 Å². The van der Waals surface area contributed by atoms with Crippen LogP contribution in [0.3, 0.4) is 0 Å². The topological polar surface area (TPSA) is 65.0 Å². The fourth-order valence-electron chi connectivity index (χ4n) is 6.12. The molecule has 0 radical (unpaired) electrons. The zero-order chi connectivity index (χ0) is 17.9. The summed E-state index contributed by atoms with van der Waals surface area (Å²) < 4.78 is 5.67. The standard InChI is InChI=1S/C21H30N2O3/c1-26-19-16(24)5-4-15-12-17-21(25)7-10-22-9-6-20(21,18(15)19)8-11-23(17)13-14-2-3-14/h4-5,14,17,22,24-25H,2-3,6-13H2,1H3/t17-,20+,21-/m1/s1. The van der Waals surface area contributed by atoms with Crippen LogP contribution in [0.5, 0.6) is 11.5 Å². The first-order chi connectivity index (χ1) is 12.6.